The van der Waals surface area contributed by atoms with E-state index in [1.165, 1.54) is 6.92 Å². The fourth-order valence-corrected chi connectivity index (χ4v) is 4.03. The van der Waals surface area contributed by atoms with Crippen LogP contribution in [0.4, 0.5) is 5.69 Å². The Balaban J connectivity index is 3.50. The summed E-state index contributed by atoms with van der Waals surface area (Å²) in [7, 11) is -3.66. The second kappa shape index (κ2) is 6.26. The summed E-state index contributed by atoms with van der Waals surface area (Å²) in [6.07, 6.45) is 0.441. The van der Waals surface area contributed by atoms with Crippen molar-refractivity contribution in [1.82, 2.24) is 0 Å². The molecular formula is C14H21NO4S. The highest BCUT2D eigenvalue weighted by atomic mass is 32.2. The summed E-state index contributed by atoms with van der Waals surface area (Å²) in [4.78, 5) is 11.3. The summed E-state index contributed by atoms with van der Waals surface area (Å²) >= 11 is 0. The maximum atomic E-state index is 12.4. The maximum absolute atomic E-state index is 12.4. The van der Waals surface area contributed by atoms with Crippen LogP contribution in [-0.4, -0.2) is 31.3 Å². The summed E-state index contributed by atoms with van der Waals surface area (Å²) < 4.78 is 25.9. The fourth-order valence-electron chi connectivity index (χ4n) is 2.18. The van der Waals surface area contributed by atoms with Crippen LogP contribution in [0, 0.1) is 13.8 Å². The quantitative estimate of drug-likeness (QED) is 0.874. The minimum absolute atomic E-state index is 0.0710. The average Bonchev–Trinajstić information content (AvgIpc) is 2.32. The number of nitrogens with zero attached hydrogens (tertiary/aromatic N) is 1. The first kappa shape index (κ1) is 16.5. The lowest BCUT2D eigenvalue weighted by molar-refractivity contribution is -0.137. The van der Waals surface area contributed by atoms with Gasteiger partial charge >= 0.3 is 5.97 Å². The molecule has 5 nitrogen and oxygen atoms in total. The second-order valence-corrected chi connectivity index (χ2v) is 6.83. The summed E-state index contributed by atoms with van der Waals surface area (Å²) in [6.45, 7) is 6.71. The molecular weight excluding hydrogens is 278 g/mol. The Bertz CT molecular complexity index is 575. The van der Waals surface area contributed by atoms with E-state index in [0.29, 0.717) is 12.1 Å². The Hall–Kier alpha value is -1.56. The molecule has 0 bridgehead atoms. The number of carbonyl (C=O) groups is 1. The third-order valence-electron chi connectivity index (χ3n) is 3.13. The number of rotatable bonds is 6. The van der Waals surface area contributed by atoms with Crippen LogP contribution in [0.3, 0.4) is 0 Å². The number of hydrogen-bond acceptors (Lipinski definition) is 3. The lowest BCUT2D eigenvalue weighted by Gasteiger charge is -2.30. The van der Waals surface area contributed by atoms with Crippen LogP contribution in [0.25, 0.3) is 0 Å². The Morgan fingerprint density at radius 3 is 2.20 bits per heavy atom. The Kier molecular flexibility index (Phi) is 5.16. The topological polar surface area (TPSA) is 74.7 Å². The first-order valence-corrected chi connectivity index (χ1v) is 8.14. The van der Waals surface area contributed by atoms with E-state index in [1.807, 2.05) is 6.07 Å². The monoisotopic (exact) mass is 299 g/mol. The van der Waals surface area contributed by atoms with Crippen LogP contribution >= 0.6 is 0 Å². The van der Waals surface area contributed by atoms with Crippen LogP contribution in [0.2, 0.25) is 0 Å². The highest BCUT2D eigenvalue weighted by molar-refractivity contribution is 7.92. The second-order valence-electron chi connectivity index (χ2n) is 4.87. The minimum atomic E-state index is -3.66. The standard InChI is InChI=1S/C14H21NO4S/c1-5-9-20(18,19)15(12(4)14(16)17)13-10(2)7-6-8-11(13)3/h6-8,12H,5,9H2,1-4H3,(H,16,17)/t12-/m0/s1. The van der Waals surface area contributed by atoms with E-state index < -0.39 is 22.0 Å². The van der Waals surface area contributed by atoms with Gasteiger partial charge in [-0.25, -0.2) is 13.2 Å². The Labute approximate surface area is 120 Å². The molecule has 0 amide bonds. The van der Waals surface area contributed by atoms with Crippen LogP contribution in [0.15, 0.2) is 18.2 Å². The molecule has 0 fully saturated rings. The van der Waals surface area contributed by atoms with Crippen LogP contribution in [0.1, 0.15) is 31.4 Å². The zero-order valence-corrected chi connectivity index (χ0v) is 13.1. The summed E-state index contributed by atoms with van der Waals surface area (Å²) in [5.41, 5.74) is 1.96. The Morgan fingerprint density at radius 2 is 1.80 bits per heavy atom. The molecule has 0 saturated heterocycles. The molecule has 6 heteroatoms. The molecule has 1 aromatic rings. The van der Waals surface area contributed by atoms with E-state index in [4.69, 9.17) is 0 Å². The average molecular weight is 299 g/mol. The van der Waals surface area contributed by atoms with Gasteiger partial charge in [0.05, 0.1) is 11.4 Å². The molecule has 0 spiro atoms. The van der Waals surface area contributed by atoms with Gasteiger partial charge in [0.25, 0.3) is 0 Å². The van der Waals surface area contributed by atoms with Crippen molar-refractivity contribution in [3.8, 4) is 0 Å². The number of carboxylic acid groups (broad SMARTS) is 1. The number of hydrogen-bond donors (Lipinski definition) is 1. The summed E-state index contributed by atoms with van der Waals surface area (Å²) in [5.74, 6) is -1.23. The van der Waals surface area contributed by atoms with Gasteiger partial charge in [-0.1, -0.05) is 25.1 Å². The number of anilines is 1. The molecule has 0 aliphatic rings. The van der Waals surface area contributed by atoms with Gasteiger partial charge < -0.3 is 5.11 Å². The number of para-hydroxylation sites is 1. The molecule has 0 saturated carbocycles. The van der Waals surface area contributed by atoms with Gasteiger partial charge in [-0.2, -0.15) is 0 Å². The van der Waals surface area contributed by atoms with E-state index >= 15 is 0 Å². The molecule has 1 aromatic carbocycles. The van der Waals surface area contributed by atoms with Gasteiger partial charge in [0.15, 0.2) is 0 Å². The summed E-state index contributed by atoms with van der Waals surface area (Å²) in [5, 5.41) is 9.22. The Morgan fingerprint density at radius 1 is 1.30 bits per heavy atom. The molecule has 1 rings (SSSR count). The molecule has 0 aliphatic carbocycles. The van der Waals surface area contributed by atoms with E-state index in [1.54, 1.807) is 32.9 Å². The van der Waals surface area contributed by atoms with Gasteiger partial charge in [0.2, 0.25) is 10.0 Å². The van der Waals surface area contributed by atoms with Gasteiger partial charge in [0.1, 0.15) is 6.04 Å². The lowest BCUT2D eigenvalue weighted by atomic mass is 10.1. The SMILES string of the molecule is CCCS(=O)(=O)N(c1c(C)cccc1C)[C@@H](C)C(=O)O. The number of benzene rings is 1. The molecule has 20 heavy (non-hydrogen) atoms. The molecule has 0 aromatic heterocycles. The van der Waals surface area contributed by atoms with Crippen molar-refractivity contribution >= 4 is 21.7 Å². The zero-order valence-electron chi connectivity index (χ0n) is 12.3. The molecule has 0 aliphatic heterocycles. The van der Waals surface area contributed by atoms with Crippen molar-refractivity contribution in [1.29, 1.82) is 0 Å². The van der Waals surface area contributed by atoms with Crippen molar-refractivity contribution in [2.45, 2.75) is 40.2 Å². The van der Waals surface area contributed by atoms with Crippen molar-refractivity contribution in [2.24, 2.45) is 0 Å². The van der Waals surface area contributed by atoms with E-state index in [9.17, 15) is 18.3 Å². The zero-order chi connectivity index (χ0) is 15.5. The third kappa shape index (κ3) is 3.30. The van der Waals surface area contributed by atoms with Crippen molar-refractivity contribution in [3.63, 3.8) is 0 Å². The van der Waals surface area contributed by atoms with Gasteiger partial charge in [-0.3, -0.25) is 4.31 Å². The first-order valence-electron chi connectivity index (χ1n) is 6.53. The largest absolute Gasteiger partial charge is 0.480 e. The van der Waals surface area contributed by atoms with Crippen molar-refractivity contribution in [3.05, 3.63) is 29.3 Å². The minimum Gasteiger partial charge on any atom is -0.480 e. The number of aryl methyl sites for hydroxylation is 2. The van der Waals surface area contributed by atoms with E-state index in [0.717, 1.165) is 15.4 Å². The molecule has 0 heterocycles. The third-order valence-corrected chi connectivity index (χ3v) is 5.15. The first-order chi connectivity index (χ1) is 9.22. The van der Waals surface area contributed by atoms with Gasteiger partial charge in [-0.15, -0.1) is 0 Å². The smallest absolute Gasteiger partial charge is 0.327 e. The fraction of sp³-hybridized carbons (Fsp3) is 0.500. The number of carboxylic acids is 1. The highest BCUT2D eigenvalue weighted by Gasteiger charge is 2.33. The highest BCUT2D eigenvalue weighted by Crippen LogP contribution is 2.29. The summed E-state index contributed by atoms with van der Waals surface area (Å²) in [6, 6.07) is 4.26. The van der Waals surface area contributed by atoms with E-state index in [-0.39, 0.29) is 5.75 Å². The van der Waals surface area contributed by atoms with Crippen molar-refractivity contribution in [2.75, 3.05) is 10.1 Å². The maximum Gasteiger partial charge on any atom is 0.327 e. The predicted molar refractivity (Wildman–Crippen MR) is 79.6 cm³/mol. The van der Waals surface area contributed by atoms with Crippen LogP contribution < -0.4 is 4.31 Å². The normalized spacial score (nSPS) is 13.0. The van der Waals surface area contributed by atoms with Crippen LogP contribution in [-0.2, 0) is 14.8 Å². The van der Waals surface area contributed by atoms with Crippen molar-refractivity contribution < 1.29 is 18.3 Å². The van der Waals surface area contributed by atoms with Gasteiger partial charge in [-0.05, 0) is 38.3 Å². The number of sulfonamides is 1. The van der Waals surface area contributed by atoms with Gasteiger partial charge in [0, 0.05) is 0 Å². The number of aliphatic carboxylic acids is 1. The lowest BCUT2D eigenvalue weighted by Crippen LogP contribution is -2.45. The molecule has 0 unspecified atom stereocenters. The predicted octanol–water partition coefficient (Wildman–Crippen LogP) is 2.32. The molecule has 0 radical (unpaired) electrons. The molecule has 1 N–H and O–H groups in total. The molecule has 1 atom stereocenters. The van der Waals surface area contributed by atoms with E-state index in [2.05, 4.69) is 0 Å². The van der Waals surface area contributed by atoms with Crippen LogP contribution in [0.5, 0.6) is 0 Å². The molecule has 112 valence electrons.